The monoisotopic (exact) mass is 256 g/mol. The Hall–Kier alpha value is -1.01. The van der Waals surface area contributed by atoms with Gasteiger partial charge in [0.25, 0.3) is 0 Å². The SMILES string of the molecule is COC1OC(COCc2ccccc2)C(O)C1F. The molecule has 1 aromatic rings. The van der Waals surface area contributed by atoms with E-state index >= 15 is 0 Å². The summed E-state index contributed by atoms with van der Waals surface area (Å²) < 4.78 is 28.8. The minimum atomic E-state index is -1.53. The van der Waals surface area contributed by atoms with Gasteiger partial charge in [-0.15, -0.1) is 0 Å². The standard InChI is InChI=1S/C13H17FO4/c1-16-13-11(14)12(15)10(18-13)8-17-7-9-5-3-2-4-6-9/h2-6,10-13,15H,7-8H2,1H3. The van der Waals surface area contributed by atoms with Crippen molar-refractivity contribution in [3.8, 4) is 0 Å². The zero-order chi connectivity index (χ0) is 13.0. The summed E-state index contributed by atoms with van der Waals surface area (Å²) in [7, 11) is 1.34. The minimum absolute atomic E-state index is 0.135. The lowest BCUT2D eigenvalue weighted by molar-refractivity contribution is -0.146. The van der Waals surface area contributed by atoms with E-state index in [1.807, 2.05) is 30.3 Å². The number of hydrogen-bond donors (Lipinski definition) is 1. The van der Waals surface area contributed by atoms with Gasteiger partial charge >= 0.3 is 0 Å². The quantitative estimate of drug-likeness (QED) is 0.862. The second kappa shape index (κ2) is 6.24. The van der Waals surface area contributed by atoms with E-state index in [4.69, 9.17) is 14.2 Å². The molecule has 1 heterocycles. The molecule has 100 valence electrons. The van der Waals surface area contributed by atoms with Crippen LogP contribution in [0.3, 0.4) is 0 Å². The third-order valence-corrected chi connectivity index (χ3v) is 2.90. The van der Waals surface area contributed by atoms with Crippen molar-refractivity contribution < 1.29 is 23.7 Å². The molecule has 0 spiro atoms. The molecule has 5 heteroatoms. The largest absolute Gasteiger partial charge is 0.387 e. The number of methoxy groups -OCH3 is 1. The van der Waals surface area contributed by atoms with Gasteiger partial charge in [-0.05, 0) is 5.56 Å². The average molecular weight is 256 g/mol. The average Bonchev–Trinajstić information content (AvgIpc) is 2.68. The van der Waals surface area contributed by atoms with Crippen molar-refractivity contribution in [1.82, 2.24) is 0 Å². The maximum Gasteiger partial charge on any atom is 0.191 e. The topological polar surface area (TPSA) is 47.9 Å². The Morgan fingerprint density at radius 1 is 1.33 bits per heavy atom. The number of hydrogen-bond acceptors (Lipinski definition) is 4. The molecular weight excluding hydrogens is 239 g/mol. The zero-order valence-electron chi connectivity index (χ0n) is 10.2. The van der Waals surface area contributed by atoms with Crippen LogP contribution < -0.4 is 0 Å². The van der Waals surface area contributed by atoms with E-state index in [-0.39, 0.29) is 6.61 Å². The smallest absolute Gasteiger partial charge is 0.191 e. The maximum atomic E-state index is 13.4. The van der Waals surface area contributed by atoms with E-state index in [0.717, 1.165) is 5.56 Å². The van der Waals surface area contributed by atoms with Crippen LogP contribution in [0.15, 0.2) is 30.3 Å². The highest BCUT2D eigenvalue weighted by atomic mass is 19.1. The molecule has 0 aliphatic carbocycles. The van der Waals surface area contributed by atoms with Crippen LogP contribution in [0.2, 0.25) is 0 Å². The van der Waals surface area contributed by atoms with Gasteiger partial charge in [-0.25, -0.2) is 4.39 Å². The van der Waals surface area contributed by atoms with Gasteiger partial charge in [-0.3, -0.25) is 0 Å². The fourth-order valence-corrected chi connectivity index (χ4v) is 1.88. The van der Waals surface area contributed by atoms with Crippen LogP contribution in [0.4, 0.5) is 4.39 Å². The fraction of sp³-hybridized carbons (Fsp3) is 0.538. The van der Waals surface area contributed by atoms with Crippen LogP contribution in [0.1, 0.15) is 5.56 Å². The van der Waals surface area contributed by atoms with Gasteiger partial charge in [-0.1, -0.05) is 30.3 Å². The van der Waals surface area contributed by atoms with Gasteiger partial charge in [0, 0.05) is 7.11 Å². The molecule has 2 rings (SSSR count). The van der Waals surface area contributed by atoms with Crippen molar-refractivity contribution in [2.75, 3.05) is 13.7 Å². The molecule has 4 unspecified atom stereocenters. The van der Waals surface area contributed by atoms with Crippen molar-refractivity contribution in [1.29, 1.82) is 0 Å². The molecule has 1 aliphatic rings. The molecule has 1 saturated heterocycles. The number of halogens is 1. The maximum absolute atomic E-state index is 13.4. The molecule has 1 aromatic carbocycles. The van der Waals surface area contributed by atoms with Gasteiger partial charge in [0.2, 0.25) is 0 Å². The summed E-state index contributed by atoms with van der Waals surface area (Å²) in [5.41, 5.74) is 1.02. The first kappa shape index (κ1) is 13.4. The second-order valence-electron chi connectivity index (χ2n) is 4.21. The van der Waals surface area contributed by atoms with Gasteiger partial charge in [0.15, 0.2) is 12.5 Å². The molecule has 1 fully saturated rings. The van der Waals surface area contributed by atoms with E-state index in [9.17, 15) is 9.50 Å². The minimum Gasteiger partial charge on any atom is -0.387 e. The van der Waals surface area contributed by atoms with Gasteiger partial charge in [0.1, 0.15) is 12.2 Å². The van der Waals surface area contributed by atoms with Crippen LogP contribution in [0, 0.1) is 0 Å². The van der Waals surface area contributed by atoms with E-state index < -0.39 is 24.7 Å². The molecule has 0 amide bonds. The number of aliphatic hydroxyl groups excluding tert-OH is 1. The molecule has 0 aromatic heterocycles. The summed E-state index contributed by atoms with van der Waals surface area (Å²) in [6.07, 6.45) is -4.43. The number of alkyl halides is 1. The summed E-state index contributed by atoms with van der Waals surface area (Å²) in [6.45, 7) is 0.540. The zero-order valence-corrected chi connectivity index (χ0v) is 10.2. The Morgan fingerprint density at radius 3 is 2.67 bits per heavy atom. The molecule has 1 aliphatic heterocycles. The first-order valence-corrected chi connectivity index (χ1v) is 5.84. The van der Waals surface area contributed by atoms with Crippen LogP contribution in [-0.4, -0.2) is 43.5 Å². The number of benzene rings is 1. The Labute approximate surface area is 105 Å². The summed E-state index contributed by atoms with van der Waals surface area (Å²) in [5, 5.41) is 9.60. The Balaban J connectivity index is 1.77. The molecule has 0 radical (unpaired) electrons. The van der Waals surface area contributed by atoms with Crippen molar-refractivity contribution >= 4 is 0 Å². The molecule has 0 bridgehead atoms. The molecule has 1 N–H and O–H groups in total. The molecule has 4 nitrogen and oxygen atoms in total. The van der Waals surface area contributed by atoms with Crippen LogP contribution >= 0.6 is 0 Å². The number of rotatable bonds is 5. The third-order valence-electron chi connectivity index (χ3n) is 2.90. The van der Waals surface area contributed by atoms with E-state index in [1.54, 1.807) is 0 Å². The Morgan fingerprint density at radius 2 is 2.06 bits per heavy atom. The summed E-state index contributed by atoms with van der Waals surface area (Å²) in [5.74, 6) is 0. The Bertz CT molecular complexity index is 359. The van der Waals surface area contributed by atoms with Crippen molar-refractivity contribution in [2.45, 2.75) is 31.3 Å². The Kier molecular flexibility index (Phi) is 4.66. The van der Waals surface area contributed by atoms with Gasteiger partial charge in [0.05, 0.1) is 13.2 Å². The lowest BCUT2D eigenvalue weighted by atomic mass is 10.2. The van der Waals surface area contributed by atoms with E-state index in [1.165, 1.54) is 7.11 Å². The number of aliphatic hydroxyl groups is 1. The first-order chi connectivity index (χ1) is 8.72. The van der Waals surface area contributed by atoms with Crippen molar-refractivity contribution in [2.24, 2.45) is 0 Å². The lowest BCUT2D eigenvalue weighted by Gasteiger charge is -2.14. The third kappa shape index (κ3) is 3.05. The van der Waals surface area contributed by atoms with Crippen LogP contribution in [0.25, 0.3) is 0 Å². The molecular formula is C13H17FO4. The van der Waals surface area contributed by atoms with E-state index in [0.29, 0.717) is 6.61 Å². The van der Waals surface area contributed by atoms with Crippen LogP contribution in [0.5, 0.6) is 0 Å². The fourth-order valence-electron chi connectivity index (χ4n) is 1.88. The van der Waals surface area contributed by atoms with E-state index in [2.05, 4.69) is 0 Å². The highest BCUT2D eigenvalue weighted by molar-refractivity contribution is 5.13. The highest BCUT2D eigenvalue weighted by Crippen LogP contribution is 2.24. The highest BCUT2D eigenvalue weighted by Gasteiger charge is 2.44. The van der Waals surface area contributed by atoms with Gasteiger partial charge in [-0.2, -0.15) is 0 Å². The number of ether oxygens (including phenoxy) is 3. The predicted molar refractivity (Wildman–Crippen MR) is 62.7 cm³/mol. The first-order valence-electron chi connectivity index (χ1n) is 5.84. The lowest BCUT2D eigenvalue weighted by Crippen LogP contribution is -2.32. The second-order valence-corrected chi connectivity index (χ2v) is 4.21. The normalized spacial score (nSPS) is 31.7. The molecule has 18 heavy (non-hydrogen) atoms. The van der Waals surface area contributed by atoms with Crippen LogP contribution in [-0.2, 0) is 20.8 Å². The summed E-state index contributed by atoms with van der Waals surface area (Å²) >= 11 is 0. The molecule has 0 saturated carbocycles. The predicted octanol–water partition coefficient (Wildman–Crippen LogP) is 1.27. The van der Waals surface area contributed by atoms with Crippen molar-refractivity contribution in [3.05, 3.63) is 35.9 Å². The molecule has 4 atom stereocenters. The summed E-state index contributed by atoms with van der Waals surface area (Å²) in [6, 6.07) is 9.62. The van der Waals surface area contributed by atoms with Crippen molar-refractivity contribution in [3.63, 3.8) is 0 Å². The van der Waals surface area contributed by atoms with Gasteiger partial charge < -0.3 is 19.3 Å². The summed E-state index contributed by atoms with van der Waals surface area (Å²) in [4.78, 5) is 0.